The van der Waals surface area contributed by atoms with Crippen LogP contribution in [0.2, 0.25) is 5.02 Å². The molecule has 0 bridgehead atoms. The topological polar surface area (TPSA) is 58.6 Å². The van der Waals surface area contributed by atoms with Crippen molar-refractivity contribution in [2.24, 2.45) is 0 Å². The van der Waals surface area contributed by atoms with E-state index in [0.717, 1.165) is 17.1 Å². The van der Waals surface area contributed by atoms with Gasteiger partial charge in [0.25, 0.3) is 5.91 Å². The Balaban J connectivity index is 1.28. The first-order valence-corrected chi connectivity index (χ1v) is 11.5. The molecule has 2 heterocycles. The van der Waals surface area contributed by atoms with Gasteiger partial charge in [0.15, 0.2) is 12.4 Å². The highest BCUT2D eigenvalue weighted by molar-refractivity contribution is 6.33. The average molecular weight is 465 g/mol. The highest BCUT2D eigenvalue weighted by atomic mass is 35.5. The molecule has 1 saturated heterocycles. The number of benzene rings is 2. The van der Waals surface area contributed by atoms with Crippen LogP contribution in [0, 0.1) is 0 Å². The largest absolute Gasteiger partial charge is 0.484 e. The van der Waals surface area contributed by atoms with Crippen molar-refractivity contribution >= 4 is 23.3 Å². The van der Waals surface area contributed by atoms with Crippen LogP contribution in [0.4, 0.5) is 5.82 Å². The first kappa shape index (κ1) is 23.1. The van der Waals surface area contributed by atoms with Gasteiger partial charge in [-0.05, 0) is 41.3 Å². The molecule has 0 radical (unpaired) electrons. The molecule has 0 saturated carbocycles. The molecule has 0 spiro atoms. The predicted molar refractivity (Wildman–Crippen MR) is 132 cm³/mol. The summed E-state index contributed by atoms with van der Waals surface area (Å²) in [7, 11) is 0. The van der Waals surface area contributed by atoms with E-state index in [0.29, 0.717) is 37.0 Å². The van der Waals surface area contributed by atoms with E-state index in [9.17, 15) is 4.79 Å². The molecule has 2 aromatic carbocycles. The molecule has 7 heteroatoms. The van der Waals surface area contributed by atoms with E-state index in [1.165, 1.54) is 5.56 Å². The van der Waals surface area contributed by atoms with E-state index in [4.69, 9.17) is 16.3 Å². The summed E-state index contributed by atoms with van der Waals surface area (Å²) in [6.07, 6.45) is 0. The smallest absolute Gasteiger partial charge is 0.260 e. The summed E-state index contributed by atoms with van der Waals surface area (Å²) in [5.41, 5.74) is 2.93. The number of ether oxygens (including phenoxy) is 1. The van der Waals surface area contributed by atoms with Gasteiger partial charge in [-0.1, -0.05) is 62.7 Å². The highest BCUT2D eigenvalue weighted by Crippen LogP contribution is 2.27. The van der Waals surface area contributed by atoms with Gasteiger partial charge >= 0.3 is 0 Å². The predicted octanol–water partition coefficient (Wildman–Crippen LogP) is 4.82. The fourth-order valence-electron chi connectivity index (χ4n) is 3.78. The van der Waals surface area contributed by atoms with Crippen molar-refractivity contribution in [2.75, 3.05) is 37.7 Å². The third-order valence-corrected chi connectivity index (χ3v) is 6.17. The number of anilines is 1. The minimum atomic E-state index is -0.00491. The second kappa shape index (κ2) is 9.79. The third-order valence-electron chi connectivity index (χ3n) is 5.84. The normalized spacial score (nSPS) is 14.3. The Morgan fingerprint density at radius 2 is 1.64 bits per heavy atom. The van der Waals surface area contributed by atoms with E-state index in [-0.39, 0.29) is 17.9 Å². The summed E-state index contributed by atoms with van der Waals surface area (Å²) in [6.45, 7) is 9.21. The lowest BCUT2D eigenvalue weighted by molar-refractivity contribution is -0.133. The highest BCUT2D eigenvalue weighted by Gasteiger charge is 2.23. The third kappa shape index (κ3) is 5.63. The van der Waals surface area contributed by atoms with Gasteiger partial charge < -0.3 is 14.5 Å². The Morgan fingerprint density at radius 1 is 0.939 bits per heavy atom. The molecule has 3 aromatic rings. The molecular formula is C26H29ClN4O2. The minimum Gasteiger partial charge on any atom is -0.484 e. The number of nitrogens with zero attached hydrogens (tertiary/aromatic N) is 4. The number of amides is 1. The Morgan fingerprint density at radius 3 is 2.24 bits per heavy atom. The number of carbonyl (C=O) groups is 1. The molecule has 0 unspecified atom stereocenters. The summed E-state index contributed by atoms with van der Waals surface area (Å²) in [6, 6.07) is 19.4. The standard InChI is InChI=1S/C26H29ClN4O2/c1-26(2,3)19-8-10-20(11-9-19)33-18-25(32)31-16-14-30(15-17-31)24-13-12-23(28-29-24)21-6-4-5-7-22(21)27/h4-13H,14-18H2,1-3H3. The van der Waals surface area contributed by atoms with Crippen LogP contribution in [0.3, 0.4) is 0 Å². The molecule has 1 fully saturated rings. The monoisotopic (exact) mass is 464 g/mol. The maximum atomic E-state index is 12.6. The van der Waals surface area contributed by atoms with Crippen LogP contribution in [-0.2, 0) is 10.2 Å². The van der Waals surface area contributed by atoms with Crippen molar-refractivity contribution in [2.45, 2.75) is 26.2 Å². The lowest BCUT2D eigenvalue weighted by Crippen LogP contribution is -2.50. The molecule has 1 aliphatic rings. The second-order valence-electron chi connectivity index (χ2n) is 9.19. The minimum absolute atomic E-state index is 0.00491. The van der Waals surface area contributed by atoms with Crippen molar-refractivity contribution in [3.05, 3.63) is 71.2 Å². The molecule has 1 amide bonds. The summed E-state index contributed by atoms with van der Waals surface area (Å²) in [4.78, 5) is 16.6. The fraction of sp³-hybridized carbons (Fsp3) is 0.346. The Labute approximate surface area is 200 Å². The SMILES string of the molecule is CC(C)(C)c1ccc(OCC(=O)N2CCN(c3ccc(-c4ccccc4Cl)nn3)CC2)cc1. The van der Waals surface area contributed by atoms with Crippen LogP contribution in [0.5, 0.6) is 5.75 Å². The fourth-order valence-corrected chi connectivity index (χ4v) is 4.01. The van der Waals surface area contributed by atoms with Gasteiger partial charge in [-0.2, -0.15) is 0 Å². The van der Waals surface area contributed by atoms with Crippen LogP contribution in [0.25, 0.3) is 11.3 Å². The van der Waals surface area contributed by atoms with Gasteiger partial charge in [-0.3, -0.25) is 4.79 Å². The number of hydrogen-bond acceptors (Lipinski definition) is 5. The van der Waals surface area contributed by atoms with Crippen molar-refractivity contribution in [1.82, 2.24) is 15.1 Å². The van der Waals surface area contributed by atoms with Gasteiger partial charge in [-0.25, -0.2) is 0 Å². The quantitative estimate of drug-likeness (QED) is 0.541. The Hall–Kier alpha value is -3.12. The molecule has 1 aliphatic heterocycles. The molecule has 6 nitrogen and oxygen atoms in total. The molecule has 0 N–H and O–H groups in total. The number of piperazine rings is 1. The van der Waals surface area contributed by atoms with Gasteiger partial charge in [0.05, 0.1) is 10.7 Å². The van der Waals surface area contributed by atoms with E-state index in [2.05, 4.69) is 48.0 Å². The van der Waals surface area contributed by atoms with E-state index < -0.39 is 0 Å². The first-order valence-electron chi connectivity index (χ1n) is 11.2. The van der Waals surface area contributed by atoms with Crippen LogP contribution in [0.15, 0.2) is 60.7 Å². The summed E-state index contributed by atoms with van der Waals surface area (Å²) >= 11 is 6.26. The molecule has 0 atom stereocenters. The van der Waals surface area contributed by atoms with Crippen LogP contribution in [-0.4, -0.2) is 53.8 Å². The number of rotatable bonds is 5. The summed E-state index contributed by atoms with van der Waals surface area (Å²) in [5.74, 6) is 1.51. The van der Waals surface area contributed by atoms with Crippen molar-refractivity contribution in [3.63, 3.8) is 0 Å². The molecular weight excluding hydrogens is 436 g/mol. The molecule has 1 aromatic heterocycles. The maximum absolute atomic E-state index is 12.6. The van der Waals surface area contributed by atoms with Crippen molar-refractivity contribution < 1.29 is 9.53 Å². The molecule has 33 heavy (non-hydrogen) atoms. The summed E-state index contributed by atoms with van der Waals surface area (Å²) < 4.78 is 5.73. The molecule has 4 rings (SSSR count). The second-order valence-corrected chi connectivity index (χ2v) is 9.59. The zero-order valence-corrected chi connectivity index (χ0v) is 20.0. The zero-order valence-electron chi connectivity index (χ0n) is 19.3. The number of halogens is 1. The van der Waals surface area contributed by atoms with E-state index >= 15 is 0 Å². The van der Waals surface area contributed by atoms with E-state index in [1.807, 2.05) is 53.4 Å². The molecule has 172 valence electrons. The number of aromatic nitrogens is 2. The van der Waals surface area contributed by atoms with Gasteiger partial charge in [0.1, 0.15) is 5.75 Å². The zero-order chi connectivity index (χ0) is 23.4. The average Bonchev–Trinajstić information content (AvgIpc) is 2.83. The lowest BCUT2D eigenvalue weighted by atomic mass is 9.87. The van der Waals surface area contributed by atoms with Gasteiger partial charge in [0, 0.05) is 31.7 Å². The number of hydrogen-bond donors (Lipinski definition) is 0. The first-order chi connectivity index (χ1) is 15.8. The van der Waals surface area contributed by atoms with Crippen LogP contribution in [0.1, 0.15) is 26.3 Å². The van der Waals surface area contributed by atoms with Crippen molar-refractivity contribution in [3.8, 4) is 17.0 Å². The Kier molecular flexibility index (Phi) is 6.84. The van der Waals surface area contributed by atoms with E-state index in [1.54, 1.807) is 0 Å². The summed E-state index contributed by atoms with van der Waals surface area (Å²) in [5, 5.41) is 9.38. The molecule has 0 aliphatic carbocycles. The van der Waals surface area contributed by atoms with Crippen molar-refractivity contribution in [1.29, 1.82) is 0 Å². The maximum Gasteiger partial charge on any atom is 0.260 e. The van der Waals surface area contributed by atoms with Gasteiger partial charge in [-0.15, -0.1) is 10.2 Å². The number of carbonyl (C=O) groups excluding carboxylic acids is 1. The lowest BCUT2D eigenvalue weighted by Gasteiger charge is -2.35. The van der Waals surface area contributed by atoms with Gasteiger partial charge in [0.2, 0.25) is 0 Å². The Bertz CT molecular complexity index is 1090. The van der Waals surface area contributed by atoms with Crippen LogP contribution >= 0.6 is 11.6 Å². The van der Waals surface area contributed by atoms with Crippen LogP contribution < -0.4 is 9.64 Å².